The number of para-hydroxylation sites is 1. The molecule has 40 heavy (non-hydrogen) atoms. The molecular weight excluding hydrogens is 498 g/mol. The van der Waals surface area contributed by atoms with Gasteiger partial charge < -0.3 is 19.4 Å². The first kappa shape index (κ1) is 25.4. The zero-order valence-corrected chi connectivity index (χ0v) is 22.5. The number of fused-ring (bicyclic) bond motifs is 2. The number of aryl methyl sites for hydroxylation is 2. The summed E-state index contributed by atoms with van der Waals surface area (Å²) in [6.07, 6.45) is 6.25. The molecule has 0 radical (unpaired) electrons. The molecule has 0 fully saturated rings. The Hall–Kier alpha value is -4.91. The minimum absolute atomic E-state index is 0.0658. The van der Waals surface area contributed by atoms with Gasteiger partial charge in [-0.05, 0) is 65.9 Å². The fourth-order valence-electron chi connectivity index (χ4n) is 5.36. The molecule has 0 bridgehead atoms. The smallest absolute Gasteiger partial charge is 0.267 e. The number of hydrogen-bond acceptors (Lipinski definition) is 3. The van der Waals surface area contributed by atoms with E-state index in [1.54, 1.807) is 12.5 Å². The van der Waals surface area contributed by atoms with Crippen molar-refractivity contribution >= 4 is 17.5 Å². The van der Waals surface area contributed by atoms with E-state index in [1.807, 2.05) is 93.0 Å². The molecule has 7 nitrogen and oxygen atoms in total. The quantitative estimate of drug-likeness (QED) is 0.276. The van der Waals surface area contributed by atoms with E-state index in [0.717, 1.165) is 41.0 Å². The lowest BCUT2D eigenvalue weighted by atomic mass is 9.99. The molecule has 0 saturated heterocycles. The summed E-state index contributed by atoms with van der Waals surface area (Å²) in [4.78, 5) is 32.9. The molecule has 3 heterocycles. The molecule has 1 aliphatic rings. The van der Waals surface area contributed by atoms with Crippen LogP contribution in [0.2, 0.25) is 0 Å². The van der Waals surface area contributed by atoms with Crippen molar-refractivity contribution < 1.29 is 9.59 Å². The van der Waals surface area contributed by atoms with E-state index in [-0.39, 0.29) is 11.8 Å². The predicted octanol–water partition coefficient (Wildman–Crippen LogP) is 5.69. The second kappa shape index (κ2) is 11.1. The number of amides is 2. The molecule has 1 aliphatic heterocycles. The highest BCUT2D eigenvalue weighted by Crippen LogP contribution is 2.31. The zero-order valence-electron chi connectivity index (χ0n) is 22.5. The zero-order chi connectivity index (χ0) is 27.5. The number of hydrogen-bond donors (Lipinski definition) is 1. The number of rotatable bonds is 7. The van der Waals surface area contributed by atoms with Gasteiger partial charge in [0.05, 0.1) is 19.4 Å². The molecule has 7 heteroatoms. The van der Waals surface area contributed by atoms with Gasteiger partial charge in [0.1, 0.15) is 5.69 Å². The highest BCUT2D eigenvalue weighted by atomic mass is 16.2. The van der Waals surface area contributed by atoms with Crippen molar-refractivity contribution in [2.75, 3.05) is 11.4 Å². The van der Waals surface area contributed by atoms with E-state index in [0.29, 0.717) is 30.9 Å². The van der Waals surface area contributed by atoms with E-state index in [9.17, 15) is 9.59 Å². The maximum Gasteiger partial charge on any atom is 0.267 e. The van der Waals surface area contributed by atoms with Crippen LogP contribution in [0.3, 0.4) is 0 Å². The monoisotopic (exact) mass is 529 g/mol. The van der Waals surface area contributed by atoms with Crippen LogP contribution in [0.5, 0.6) is 0 Å². The minimum atomic E-state index is -0.110. The van der Waals surface area contributed by atoms with E-state index < -0.39 is 0 Å². The molecule has 0 spiro atoms. The second-order valence-corrected chi connectivity index (χ2v) is 10.1. The Bertz CT molecular complexity index is 1650. The summed E-state index contributed by atoms with van der Waals surface area (Å²) in [5.74, 6) is -0.176. The third-order valence-corrected chi connectivity index (χ3v) is 7.51. The molecule has 0 saturated carbocycles. The van der Waals surface area contributed by atoms with E-state index in [2.05, 4.69) is 29.4 Å². The van der Waals surface area contributed by atoms with Crippen LogP contribution in [0, 0.1) is 6.92 Å². The molecule has 2 aromatic heterocycles. The average Bonchev–Trinajstić information content (AvgIpc) is 3.61. The molecule has 200 valence electrons. The van der Waals surface area contributed by atoms with Gasteiger partial charge in [0.15, 0.2) is 0 Å². The summed E-state index contributed by atoms with van der Waals surface area (Å²) in [6, 6.07) is 27.8. The van der Waals surface area contributed by atoms with Crippen molar-refractivity contribution in [3.05, 3.63) is 132 Å². The van der Waals surface area contributed by atoms with Crippen LogP contribution in [-0.2, 0) is 19.6 Å². The van der Waals surface area contributed by atoms with E-state index in [4.69, 9.17) is 0 Å². The normalized spacial score (nSPS) is 12.4. The van der Waals surface area contributed by atoms with Gasteiger partial charge in [0.25, 0.3) is 11.8 Å². The molecule has 6 rings (SSSR count). The van der Waals surface area contributed by atoms with Crippen LogP contribution in [-0.4, -0.2) is 32.5 Å². The lowest BCUT2D eigenvalue weighted by Crippen LogP contribution is -2.30. The summed E-state index contributed by atoms with van der Waals surface area (Å²) in [5, 5.41) is 3.05. The van der Waals surface area contributed by atoms with Gasteiger partial charge >= 0.3 is 0 Å². The molecule has 2 amide bonds. The summed E-state index contributed by atoms with van der Waals surface area (Å²) in [6.45, 7) is 4.35. The van der Waals surface area contributed by atoms with Gasteiger partial charge in [-0.3, -0.25) is 9.59 Å². The largest absolute Gasteiger partial charge is 0.351 e. The SMILES string of the molecule is Cc1ccccc1-c1ccc(C(=O)N2Cc3ccc(C(=O)NCCCn4ccnc4)n3Cc3ccccc32)cc1. The topological polar surface area (TPSA) is 72.2 Å². The summed E-state index contributed by atoms with van der Waals surface area (Å²) in [5.41, 5.74) is 7.45. The molecular formula is C33H31N5O2. The first-order valence-electron chi connectivity index (χ1n) is 13.6. The van der Waals surface area contributed by atoms with Gasteiger partial charge in [0.2, 0.25) is 0 Å². The van der Waals surface area contributed by atoms with Gasteiger partial charge in [-0.15, -0.1) is 0 Å². The van der Waals surface area contributed by atoms with Crippen molar-refractivity contribution in [2.45, 2.75) is 33.0 Å². The number of nitrogens with zero attached hydrogens (tertiary/aromatic N) is 4. The molecule has 1 N–H and O–H groups in total. The van der Waals surface area contributed by atoms with Crippen LogP contribution in [0.4, 0.5) is 5.69 Å². The molecule has 0 aliphatic carbocycles. The summed E-state index contributed by atoms with van der Waals surface area (Å²) >= 11 is 0. The van der Waals surface area contributed by atoms with Gasteiger partial charge in [0, 0.05) is 42.4 Å². The Labute approximate surface area is 233 Å². The second-order valence-electron chi connectivity index (χ2n) is 10.1. The summed E-state index contributed by atoms with van der Waals surface area (Å²) < 4.78 is 4.02. The van der Waals surface area contributed by atoms with Crippen LogP contribution in [0.15, 0.2) is 104 Å². The molecule has 3 aromatic carbocycles. The molecule has 0 atom stereocenters. The van der Waals surface area contributed by atoms with Crippen molar-refractivity contribution in [1.82, 2.24) is 19.4 Å². The van der Waals surface area contributed by atoms with E-state index >= 15 is 0 Å². The van der Waals surface area contributed by atoms with Crippen molar-refractivity contribution in [3.63, 3.8) is 0 Å². The number of carbonyl (C=O) groups is 2. The van der Waals surface area contributed by atoms with Gasteiger partial charge in [-0.2, -0.15) is 0 Å². The van der Waals surface area contributed by atoms with Gasteiger partial charge in [-0.25, -0.2) is 4.98 Å². The third-order valence-electron chi connectivity index (χ3n) is 7.51. The fourth-order valence-corrected chi connectivity index (χ4v) is 5.36. The van der Waals surface area contributed by atoms with Crippen LogP contribution < -0.4 is 10.2 Å². The molecule has 5 aromatic rings. The predicted molar refractivity (Wildman–Crippen MR) is 156 cm³/mol. The lowest BCUT2D eigenvalue weighted by Gasteiger charge is -2.23. The molecule has 0 unspecified atom stereocenters. The number of carbonyl (C=O) groups excluding carboxylic acids is 2. The Balaban J connectivity index is 1.22. The Morgan fingerprint density at radius 2 is 1.70 bits per heavy atom. The highest BCUT2D eigenvalue weighted by molar-refractivity contribution is 6.07. The van der Waals surface area contributed by atoms with Crippen LogP contribution in [0.1, 0.15) is 44.1 Å². The maximum atomic E-state index is 13.9. The van der Waals surface area contributed by atoms with E-state index in [1.165, 1.54) is 5.56 Å². The first-order valence-corrected chi connectivity index (χ1v) is 13.6. The Morgan fingerprint density at radius 1 is 0.900 bits per heavy atom. The van der Waals surface area contributed by atoms with Crippen molar-refractivity contribution in [3.8, 4) is 11.1 Å². The number of aromatic nitrogens is 3. The standard InChI is InChI=1S/C33H31N5O2/c1-24-7-2-4-9-29(24)25-11-13-26(14-12-25)33(40)38-22-28-15-16-31(37(28)21-27-8-3-5-10-30(27)38)32(39)35-17-6-19-36-20-18-34-23-36/h2-5,7-16,18,20,23H,6,17,19,21-22H2,1H3,(H,35,39). The lowest BCUT2D eigenvalue weighted by molar-refractivity contribution is 0.0943. The Morgan fingerprint density at radius 3 is 2.50 bits per heavy atom. The number of nitrogens with one attached hydrogen (secondary N) is 1. The van der Waals surface area contributed by atoms with Crippen molar-refractivity contribution in [1.29, 1.82) is 0 Å². The minimum Gasteiger partial charge on any atom is -0.351 e. The maximum absolute atomic E-state index is 13.9. The Kier molecular flexibility index (Phi) is 7.02. The third kappa shape index (κ3) is 5.06. The number of anilines is 1. The highest BCUT2D eigenvalue weighted by Gasteiger charge is 2.27. The van der Waals surface area contributed by atoms with Crippen LogP contribution >= 0.6 is 0 Å². The first-order chi connectivity index (χ1) is 19.6. The average molecular weight is 530 g/mol. The fraction of sp³-hybridized carbons (Fsp3) is 0.182. The van der Waals surface area contributed by atoms with Gasteiger partial charge in [-0.1, -0.05) is 54.6 Å². The summed E-state index contributed by atoms with van der Waals surface area (Å²) in [7, 11) is 0. The van der Waals surface area contributed by atoms with Crippen molar-refractivity contribution in [2.24, 2.45) is 0 Å². The van der Waals surface area contributed by atoms with Crippen LogP contribution in [0.25, 0.3) is 11.1 Å². The number of benzene rings is 3. The number of imidazole rings is 1.